The Morgan fingerprint density at radius 2 is 1.79 bits per heavy atom. The quantitative estimate of drug-likeness (QED) is 0.599. The summed E-state index contributed by atoms with van der Waals surface area (Å²) in [5.41, 5.74) is 2.17. The lowest BCUT2D eigenvalue weighted by Gasteiger charge is -2.30. The second-order valence-corrected chi connectivity index (χ2v) is 7.92. The zero-order valence-corrected chi connectivity index (χ0v) is 16.7. The van der Waals surface area contributed by atoms with Crippen molar-refractivity contribution in [3.05, 3.63) is 81.8 Å². The molecule has 2 N–H and O–H groups in total. The molecule has 3 aromatic carbocycles. The molecule has 0 bridgehead atoms. The Labute approximate surface area is 177 Å². The molecular formula is C22H16Cl2N2O3. The van der Waals surface area contributed by atoms with E-state index in [2.05, 4.69) is 10.6 Å². The number of carbonyl (C=O) groups is 1. The first-order valence-corrected chi connectivity index (χ1v) is 9.83. The zero-order valence-electron chi connectivity index (χ0n) is 15.2. The van der Waals surface area contributed by atoms with Gasteiger partial charge in [0, 0.05) is 39.5 Å². The van der Waals surface area contributed by atoms with Gasteiger partial charge in [-0.1, -0.05) is 41.4 Å². The second-order valence-electron chi connectivity index (χ2n) is 7.05. The molecular weight excluding hydrogens is 411 g/mol. The Hall–Kier alpha value is -2.89. The smallest absolute Gasteiger partial charge is 0.255 e. The molecule has 0 saturated heterocycles. The van der Waals surface area contributed by atoms with Crippen LogP contribution in [-0.4, -0.2) is 12.7 Å². The molecule has 5 rings (SSSR count). The number of carbonyl (C=O) groups excluding carboxylic acids is 1. The van der Waals surface area contributed by atoms with E-state index in [0.29, 0.717) is 33.7 Å². The minimum atomic E-state index is -1.03. The lowest BCUT2D eigenvalue weighted by molar-refractivity contribution is -0.119. The van der Waals surface area contributed by atoms with Crippen LogP contribution in [0.3, 0.4) is 0 Å². The highest BCUT2D eigenvalue weighted by atomic mass is 35.5. The summed E-state index contributed by atoms with van der Waals surface area (Å²) in [5.74, 6) is 1.16. The Balaban J connectivity index is 1.61. The SMILES string of the molecule is O=C1Nc2cc(Cl)ccc2C1(Cc1cccc(Cl)c1)Nc1ccc2c(c1)OCO2. The first kappa shape index (κ1) is 18.2. The Morgan fingerprint density at radius 3 is 2.66 bits per heavy atom. The van der Waals surface area contributed by atoms with Gasteiger partial charge in [-0.25, -0.2) is 0 Å². The lowest BCUT2D eigenvalue weighted by atomic mass is 9.84. The van der Waals surface area contributed by atoms with Crippen LogP contribution in [0.1, 0.15) is 11.1 Å². The van der Waals surface area contributed by atoms with Gasteiger partial charge in [-0.2, -0.15) is 0 Å². The predicted molar refractivity (Wildman–Crippen MR) is 113 cm³/mol. The van der Waals surface area contributed by atoms with Crippen molar-refractivity contribution in [2.24, 2.45) is 0 Å². The molecule has 29 heavy (non-hydrogen) atoms. The summed E-state index contributed by atoms with van der Waals surface area (Å²) in [6.45, 7) is 0.189. The van der Waals surface area contributed by atoms with Gasteiger partial charge in [-0.05, 0) is 42.0 Å². The third-order valence-electron chi connectivity index (χ3n) is 5.17. The number of fused-ring (bicyclic) bond motifs is 2. The summed E-state index contributed by atoms with van der Waals surface area (Å²) in [7, 11) is 0. The molecule has 3 aromatic rings. The van der Waals surface area contributed by atoms with Gasteiger partial charge < -0.3 is 20.1 Å². The highest BCUT2D eigenvalue weighted by Crippen LogP contribution is 2.43. The molecule has 0 fully saturated rings. The van der Waals surface area contributed by atoms with Crippen LogP contribution in [-0.2, 0) is 16.8 Å². The number of rotatable bonds is 4. The van der Waals surface area contributed by atoms with Crippen molar-refractivity contribution in [2.75, 3.05) is 17.4 Å². The third-order valence-corrected chi connectivity index (χ3v) is 5.64. The maximum absolute atomic E-state index is 13.3. The Bertz CT molecular complexity index is 1130. The van der Waals surface area contributed by atoms with E-state index in [9.17, 15) is 4.79 Å². The molecule has 0 saturated carbocycles. The molecule has 0 spiro atoms. The molecule has 1 amide bonds. The maximum atomic E-state index is 13.3. The van der Waals surface area contributed by atoms with E-state index in [1.807, 2.05) is 48.5 Å². The van der Waals surface area contributed by atoms with Crippen LogP contribution in [0.2, 0.25) is 10.0 Å². The highest BCUT2D eigenvalue weighted by molar-refractivity contribution is 6.31. The van der Waals surface area contributed by atoms with Crippen LogP contribution in [0.4, 0.5) is 11.4 Å². The maximum Gasteiger partial charge on any atom is 0.255 e. The van der Waals surface area contributed by atoms with Crippen molar-refractivity contribution < 1.29 is 14.3 Å². The van der Waals surface area contributed by atoms with Gasteiger partial charge in [0.15, 0.2) is 11.5 Å². The Kier molecular flexibility index (Phi) is 4.30. The standard InChI is InChI=1S/C22H16Cl2N2O3/c23-14-3-1-2-13(8-14)11-22(17-6-4-15(24)9-18(17)25-21(22)27)26-16-5-7-19-20(10-16)29-12-28-19/h1-10,26H,11-12H2,(H,25,27). The van der Waals surface area contributed by atoms with E-state index in [1.54, 1.807) is 12.1 Å². The summed E-state index contributed by atoms with van der Waals surface area (Å²) >= 11 is 12.3. The predicted octanol–water partition coefficient (Wildman–Crippen LogP) is 5.22. The van der Waals surface area contributed by atoms with E-state index in [0.717, 1.165) is 16.8 Å². The normalized spacial score (nSPS) is 19.0. The fourth-order valence-corrected chi connectivity index (χ4v) is 4.25. The third kappa shape index (κ3) is 3.16. The minimum Gasteiger partial charge on any atom is -0.454 e. The Morgan fingerprint density at radius 1 is 0.966 bits per heavy atom. The van der Waals surface area contributed by atoms with Gasteiger partial charge in [0.2, 0.25) is 6.79 Å². The van der Waals surface area contributed by atoms with Crippen molar-refractivity contribution in [1.29, 1.82) is 0 Å². The minimum absolute atomic E-state index is 0.160. The number of anilines is 2. The molecule has 1 unspecified atom stereocenters. The number of halogens is 2. The zero-order chi connectivity index (χ0) is 20.0. The molecule has 0 radical (unpaired) electrons. The van der Waals surface area contributed by atoms with Gasteiger partial charge in [0.05, 0.1) is 0 Å². The van der Waals surface area contributed by atoms with Gasteiger partial charge in [0.1, 0.15) is 5.54 Å². The van der Waals surface area contributed by atoms with Crippen LogP contribution in [0.25, 0.3) is 0 Å². The number of nitrogens with one attached hydrogen (secondary N) is 2. The summed E-state index contributed by atoms with van der Waals surface area (Å²) in [6.07, 6.45) is 0.405. The summed E-state index contributed by atoms with van der Waals surface area (Å²) in [6, 6.07) is 18.5. The van der Waals surface area contributed by atoms with Crippen molar-refractivity contribution in [1.82, 2.24) is 0 Å². The monoisotopic (exact) mass is 426 g/mol. The first-order chi connectivity index (χ1) is 14.0. The summed E-state index contributed by atoms with van der Waals surface area (Å²) in [5, 5.41) is 7.59. The van der Waals surface area contributed by atoms with E-state index in [-0.39, 0.29) is 12.7 Å². The van der Waals surface area contributed by atoms with Crippen molar-refractivity contribution in [3.63, 3.8) is 0 Å². The summed E-state index contributed by atoms with van der Waals surface area (Å²) in [4.78, 5) is 13.3. The highest BCUT2D eigenvalue weighted by Gasteiger charge is 2.47. The molecule has 2 aliphatic rings. The molecule has 2 aliphatic heterocycles. The van der Waals surface area contributed by atoms with Crippen LogP contribution in [0, 0.1) is 0 Å². The number of hydrogen-bond donors (Lipinski definition) is 2. The van der Waals surface area contributed by atoms with E-state index < -0.39 is 5.54 Å². The topological polar surface area (TPSA) is 59.6 Å². The molecule has 146 valence electrons. The first-order valence-electron chi connectivity index (χ1n) is 9.07. The van der Waals surface area contributed by atoms with Crippen molar-refractivity contribution in [2.45, 2.75) is 12.0 Å². The molecule has 5 nitrogen and oxygen atoms in total. The molecule has 7 heteroatoms. The van der Waals surface area contributed by atoms with E-state index in [1.165, 1.54) is 0 Å². The molecule has 2 heterocycles. The van der Waals surface area contributed by atoms with Gasteiger partial charge >= 0.3 is 0 Å². The molecule has 0 aliphatic carbocycles. The van der Waals surface area contributed by atoms with Gasteiger partial charge in [-0.15, -0.1) is 0 Å². The largest absolute Gasteiger partial charge is 0.454 e. The average Bonchev–Trinajstić information content (AvgIpc) is 3.24. The van der Waals surface area contributed by atoms with E-state index >= 15 is 0 Å². The number of amides is 1. The molecule has 1 atom stereocenters. The van der Waals surface area contributed by atoms with Crippen molar-refractivity contribution >= 4 is 40.5 Å². The second kappa shape index (κ2) is 6.87. The van der Waals surface area contributed by atoms with Crippen molar-refractivity contribution in [3.8, 4) is 11.5 Å². The molecule has 0 aromatic heterocycles. The van der Waals surface area contributed by atoms with Crippen LogP contribution >= 0.6 is 23.2 Å². The fourth-order valence-electron chi connectivity index (χ4n) is 3.86. The van der Waals surface area contributed by atoms with Crippen LogP contribution in [0.5, 0.6) is 11.5 Å². The van der Waals surface area contributed by atoms with E-state index in [4.69, 9.17) is 32.7 Å². The van der Waals surface area contributed by atoms with Gasteiger partial charge in [-0.3, -0.25) is 4.79 Å². The number of hydrogen-bond acceptors (Lipinski definition) is 4. The van der Waals surface area contributed by atoms with Gasteiger partial charge in [0.25, 0.3) is 5.91 Å². The summed E-state index contributed by atoms with van der Waals surface area (Å²) < 4.78 is 10.9. The number of ether oxygens (including phenoxy) is 2. The lowest BCUT2D eigenvalue weighted by Crippen LogP contribution is -2.44. The van der Waals surface area contributed by atoms with Crippen LogP contribution < -0.4 is 20.1 Å². The fraction of sp³-hybridized carbons (Fsp3) is 0.136. The van der Waals surface area contributed by atoms with Crippen LogP contribution in [0.15, 0.2) is 60.7 Å². The number of benzene rings is 3. The average molecular weight is 427 g/mol.